The van der Waals surface area contributed by atoms with Crippen LogP contribution in [-0.2, 0) is 14.3 Å². The van der Waals surface area contributed by atoms with Crippen LogP contribution < -0.4 is 5.32 Å². The van der Waals surface area contributed by atoms with Crippen molar-refractivity contribution in [2.45, 2.75) is 53.0 Å². The van der Waals surface area contributed by atoms with Crippen molar-refractivity contribution in [1.82, 2.24) is 10.2 Å². The quantitative estimate of drug-likeness (QED) is 0.484. The number of ether oxygens (including phenoxy) is 1. The molecule has 1 unspecified atom stereocenters. The van der Waals surface area contributed by atoms with Crippen LogP contribution in [0.2, 0.25) is 0 Å². The van der Waals surface area contributed by atoms with Crippen LogP contribution in [0.25, 0.3) is 0 Å². The van der Waals surface area contributed by atoms with Gasteiger partial charge in [-0.3, -0.25) is 14.5 Å². The summed E-state index contributed by atoms with van der Waals surface area (Å²) in [6.45, 7) is 9.52. The summed E-state index contributed by atoms with van der Waals surface area (Å²) in [5, 5.41) is 2.90. The lowest BCUT2D eigenvalue weighted by Gasteiger charge is -2.25. The smallest absolute Gasteiger partial charge is 0.320 e. The predicted molar refractivity (Wildman–Crippen MR) is 75.9 cm³/mol. The molecule has 0 rings (SSSR count). The van der Waals surface area contributed by atoms with Gasteiger partial charge in [0, 0.05) is 6.54 Å². The number of carbonyl (C=O) groups excluding carboxylic acids is 2. The van der Waals surface area contributed by atoms with Crippen molar-refractivity contribution >= 4 is 11.9 Å². The Labute approximate surface area is 116 Å². The summed E-state index contributed by atoms with van der Waals surface area (Å²) in [7, 11) is 0. The zero-order valence-electron chi connectivity index (χ0n) is 12.7. The molecular weight excluding hydrogens is 244 g/mol. The van der Waals surface area contributed by atoms with E-state index < -0.39 is 0 Å². The summed E-state index contributed by atoms with van der Waals surface area (Å²) in [6, 6.07) is -0.309. The Balaban J connectivity index is 4.13. The lowest BCUT2D eigenvalue weighted by molar-refractivity contribution is -0.145. The number of carbonyl (C=O) groups is 2. The molecule has 0 aromatic heterocycles. The van der Waals surface area contributed by atoms with Crippen molar-refractivity contribution < 1.29 is 14.3 Å². The highest BCUT2D eigenvalue weighted by atomic mass is 16.5. The normalized spacial score (nSPS) is 12.3. The van der Waals surface area contributed by atoms with Crippen LogP contribution in [0.5, 0.6) is 0 Å². The summed E-state index contributed by atoms with van der Waals surface area (Å²) in [4.78, 5) is 25.2. The molecule has 0 radical (unpaired) electrons. The van der Waals surface area contributed by atoms with E-state index in [2.05, 4.69) is 12.2 Å². The number of rotatable bonds is 10. The first-order valence-corrected chi connectivity index (χ1v) is 7.24. The largest absolute Gasteiger partial charge is 0.465 e. The van der Waals surface area contributed by atoms with E-state index >= 15 is 0 Å². The Morgan fingerprint density at radius 1 is 1.21 bits per heavy atom. The molecule has 19 heavy (non-hydrogen) atoms. The van der Waals surface area contributed by atoms with Crippen molar-refractivity contribution in [2.24, 2.45) is 0 Å². The molecule has 0 saturated carbocycles. The maximum atomic E-state index is 11.9. The van der Waals surface area contributed by atoms with Crippen LogP contribution in [0, 0.1) is 0 Å². The Kier molecular flexibility index (Phi) is 10.2. The van der Waals surface area contributed by atoms with Crippen LogP contribution in [0.15, 0.2) is 0 Å². The van der Waals surface area contributed by atoms with Crippen molar-refractivity contribution in [1.29, 1.82) is 0 Å². The first-order chi connectivity index (χ1) is 9.06. The first kappa shape index (κ1) is 17.9. The van der Waals surface area contributed by atoms with Gasteiger partial charge >= 0.3 is 5.97 Å². The molecule has 0 saturated heterocycles. The van der Waals surface area contributed by atoms with Gasteiger partial charge in [0.2, 0.25) is 5.91 Å². The number of amides is 1. The predicted octanol–water partition coefficient (Wildman–Crippen LogP) is 1.57. The van der Waals surface area contributed by atoms with Gasteiger partial charge in [-0.25, -0.2) is 0 Å². The Bertz CT molecular complexity index is 269. The molecule has 0 spiro atoms. The number of nitrogens with one attached hydrogen (secondary N) is 1. The van der Waals surface area contributed by atoms with Crippen LogP contribution in [-0.4, -0.2) is 49.1 Å². The molecule has 5 nitrogen and oxygen atoms in total. The summed E-state index contributed by atoms with van der Waals surface area (Å²) >= 11 is 0. The van der Waals surface area contributed by atoms with E-state index in [1.54, 1.807) is 6.92 Å². The summed E-state index contributed by atoms with van der Waals surface area (Å²) in [5.41, 5.74) is 0. The molecule has 0 heterocycles. The third-order valence-electron chi connectivity index (χ3n) is 3.05. The SMILES string of the molecule is CCCCCNC(=O)C(C)N(CC)CC(=O)OCC. The van der Waals surface area contributed by atoms with E-state index in [1.165, 1.54) is 0 Å². The number of hydrogen-bond acceptors (Lipinski definition) is 4. The van der Waals surface area contributed by atoms with E-state index in [-0.39, 0.29) is 24.5 Å². The second-order valence-electron chi connectivity index (χ2n) is 4.54. The third kappa shape index (κ3) is 7.82. The highest BCUT2D eigenvalue weighted by Gasteiger charge is 2.22. The number of likely N-dealkylation sites (N-methyl/N-ethyl adjacent to an activating group) is 1. The van der Waals surface area contributed by atoms with Gasteiger partial charge in [-0.1, -0.05) is 26.7 Å². The minimum Gasteiger partial charge on any atom is -0.465 e. The van der Waals surface area contributed by atoms with Crippen molar-refractivity contribution in [2.75, 3.05) is 26.2 Å². The van der Waals surface area contributed by atoms with Crippen LogP contribution in [0.1, 0.15) is 47.0 Å². The molecule has 0 aromatic carbocycles. The van der Waals surface area contributed by atoms with E-state index in [4.69, 9.17) is 4.74 Å². The highest BCUT2D eigenvalue weighted by molar-refractivity contribution is 5.82. The molecule has 0 aliphatic carbocycles. The molecular formula is C14H28N2O3. The van der Waals surface area contributed by atoms with Crippen LogP contribution in [0.3, 0.4) is 0 Å². The van der Waals surface area contributed by atoms with Crippen molar-refractivity contribution in [3.8, 4) is 0 Å². The molecule has 0 aromatic rings. The van der Waals surface area contributed by atoms with Gasteiger partial charge < -0.3 is 10.1 Å². The fraction of sp³-hybridized carbons (Fsp3) is 0.857. The van der Waals surface area contributed by atoms with Gasteiger partial charge in [-0.05, 0) is 26.8 Å². The number of nitrogens with zero attached hydrogens (tertiary/aromatic N) is 1. The van der Waals surface area contributed by atoms with Gasteiger partial charge in [-0.2, -0.15) is 0 Å². The summed E-state index contributed by atoms with van der Waals surface area (Å²) in [6.07, 6.45) is 3.25. The standard InChI is InChI=1S/C14H28N2O3/c1-5-8-9-10-15-14(18)12(4)16(6-2)11-13(17)19-7-3/h12H,5-11H2,1-4H3,(H,15,18). The molecule has 0 fully saturated rings. The minimum atomic E-state index is -0.309. The molecule has 0 aliphatic rings. The first-order valence-electron chi connectivity index (χ1n) is 7.24. The number of unbranched alkanes of at least 4 members (excludes halogenated alkanes) is 2. The molecule has 1 atom stereocenters. The Morgan fingerprint density at radius 2 is 1.89 bits per heavy atom. The monoisotopic (exact) mass is 272 g/mol. The van der Waals surface area contributed by atoms with E-state index in [1.807, 2.05) is 18.7 Å². The molecule has 112 valence electrons. The van der Waals surface area contributed by atoms with Gasteiger partial charge in [0.1, 0.15) is 0 Å². The number of esters is 1. The van der Waals surface area contributed by atoms with E-state index in [0.717, 1.165) is 19.3 Å². The zero-order chi connectivity index (χ0) is 14.7. The molecule has 0 aliphatic heterocycles. The summed E-state index contributed by atoms with van der Waals surface area (Å²) in [5.74, 6) is -0.308. The van der Waals surface area contributed by atoms with Crippen molar-refractivity contribution in [3.05, 3.63) is 0 Å². The fourth-order valence-electron chi connectivity index (χ4n) is 1.80. The molecule has 0 bridgehead atoms. The van der Waals surface area contributed by atoms with Gasteiger partial charge in [0.25, 0.3) is 0 Å². The average Bonchev–Trinajstić information content (AvgIpc) is 2.40. The lowest BCUT2D eigenvalue weighted by Crippen LogP contribution is -2.47. The van der Waals surface area contributed by atoms with Gasteiger partial charge in [-0.15, -0.1) is 0 Å². The minimum absolute atomic E-state index is 0.0257. The van der Waals surface area contributed by atoms with Crippen LogP contribution in [0.4, 0.5) is 0 Å². The molecule has 5 heteroatoms. The Hall–Kier alpha value is -1.10. The second kappa shape index (κ2) is 10.8. The maximum Gasteiger partial charge on any atom is 0.320 e. The van der Waals surface area contributed by atoms with E-state index in [9.17, 15) is 9.59 Å². The molecule has 1 amide bonds. The van der Waals surface area contributed by atoms with Crippen molar-refractivity contribution in [3.63, 3.8) is 0 Å². The highest BCUT2D eigenvalue weighted by Crippen LogP contribution is 2.00. The zero-order valence-corrected chi connectivity index (χ0v) is 12.7. The molecule has 1 N–H and O–H groups in total. The van der Waals surface area contributed by atoms with E-state index in [0.29, 0.717) is 19.7 Å². The fourth-order valence-corrected chi connectivity index (χ4v) is 1.80. The van der Waals surface area contributed by atoms with Crippen LogP contribution >= 0.6 is 0 Å². The maximum absolute atomic E-state index is 11.9. The topological polar surface area (TPSA) is 58.6 Å². The second-order valence-corrected chi connectivity index (χ2v) is 4.54. The van der Waals surface area contributed by atoms with Gasteiger partial charge in [0.05, 0.1) is 19.2 Å². The van der Waals surface area contributed by atoms with Gasteiger partial charge in [0.15, 0.2) is 0 Å². The number of hydrogen-bond donors (Lipinski definition) is 1. The lowest BCUT2D eigenvalue weighted by atomic mass is 10.2. The average molecular weight is 272 g/mol. The summed E-state index contributed by atoms with van der Waals surface area (Å²) < 4.78 is 4.90. The third-order valence-corrected chi connectivity index (χ3v) is 3.05. The Morgan fingerprint density at radius 3 is 2.42 bits per heavy atom.